The molecule has 0 spiro atoms. The van der Waals surface area contributed by atoms with E-state index in [1.807, 2.05) is 25.1 Å². The third-order valence-corrected chi connectivity index (χ3v) is 2.53. The molecule has 0 amide bonds. The summed E-state index contributed by atoms with van der Waals surface area (Å²) in [6, 6.07) is 5.79. The van der Waals surface area contributed by atoms with Crippen molar-refractivity contribution in [2.24, 2.45) is 0 Å². The Balaban J connectivity index is 3.04. The largest absolute Gasteiger partial charge is 0.387 e. The summed E-state index contributed by atoms with van der Waals surface area (Å²) in [7, 11) is 0. The van der Waals surface area contributed by atoms with E-state index in [2.05, 4.69) is 15.9 Å². The van der Waals surface area contributed by atoms with Crippen molar-refractivity contribution in [1.29, 1.82) is 0 Å². The Labute approximate surface area is 85.5 Å². The van der Waals surface area contributed by atoms with Gasteiger partial charge in [-0.15, -0.1) is 11.6 Å². The van der Waals surface area contributed by atoms with Gasteiger partial charge in [0.15, 0.2) is 0 Å². The summed E-state index contributed by atoms with van der Waals surface area (Å²) in [5, 5.41) is 9.48. The summed E-state index contributed by atoms with van der Waals surface area (Å²) in [6.45, 7) is 1.96. The predicted octanol–water partition coefficient (Wildman–Crippen LogP) is 3.03. The zero-order valence-corrected chi connectivity index (χ0v) is 9.06. The molecule has 1 rings (SSSR count). The van der Waals surface area contributed by atoms with Gasteiger partial charge in [-0.05, 0) is 30.2 Å². The fraction of sp³-hybridized carbons (Fsp3) is 0.333. The molecule has 3 heteroatoms. The summed E-state index contributed by atoms with van der Waals surface area (Å²) in [4.78, 5) is 0. The summed E-state index contributed by atoms with van der Waals surface area (Å²) >= 11 is 8.89. The van der Waals surface area contributed by atoms with E-state index in [0.29, 0.717) is 0 Å². The first-order valence-corrected chi connectivity index (χ1v) is 4.98. The standard InChI is InChI=1S/C9H10BrClO/c1-6-2-3-7(10)4-8(6)9(12)5-11/h2-4,9,12H,5H2,1H3/t9-/m1/s1. The SMILES string of the molecule is Cc1ccc(Br)cc1[C@H](O)CCl. The number of hydrogen-bond donors (Lipinski definition) is 1. The van der Waals surface area contributed by atoms with E-state index >= 15 is 0 Å². The zero-order chi connectivity index (χ0) is 9.14. The van der Waals surface area contributed by atoms with Gasteiger partial charge >= 0.3 is 0 Å². The van der Waals surface area contributed by atoms with Gasteiger partial charge in [0.25, 0.3) is 0 Å². The van der Waals surface area contributed by atoms with Crippen molar-refractivity contribution in [2.75, 3.05) is 5.88 Å². The van der Waals surface area contributed by atoms with Gasteiger partial charge in [-0.1, -0.05) is 22.0 Å². The highest BCUT2D eigenvalue weighted by Gasteiger charge is 2.08. The maximum atomic E-state index is 9.48. The van der Waals surface area contributed by atoms with Crippen LogP contribution in [0.4, 0.5) is 0 Å². The summed E-state index contributed by atoms with van der Waals surface area (Å²) in [5.74, 6) is 0.233. The van der Waals surface area contributed by atoms with Crippen molar-refractivity contribution in [3.63, 3.8) is 0 Å². The molecular formula is C9H10BrClO. The van der Waals surface area contributed by atoms with Gasteiger partial charge in [0.05, 0.1) is 12.0 Å². The lowest BCUT2D eigenvalue weighted by molar-refractivity contribution is 0.202. The monoisotopic (exact) mass is 248 g/mol. The Kier molecular flexibility index (Phi) is 3.56. The average molecular weight is 250 g/mol. The van der Waals surface area contributed by atoms with Crippen LogP contribution in [0, 0.1) is 6.92 Å². The van der Waals surface area contributed by atoms with Crippen LogP contribution in [-0.2, 0) is 0 Å². The Bertz CT molecular complexity index is 275. The average Bonchev–Trinajstić information content (AvgIpc) is 2.08. The topological polar surface area (TPSA) is 20.2 Å². The lowest BCUT2D eigenvalue weighted by Gasteiger charge is -2.10. The first kappa shape index (κ1) is 10.0. The van der Waals surface area contributed by atoms with Crippen molar-refractivity contribution >= 4 is 27.5 Å². The number of halogens is 2. The minimum Gasteiger partial charge on any atom is -0.387 e. The molecule has 0 aliphatic rings. The molecule has 0 saturated heterocycles. The first-order chi connectivity index (χ1) is 5.65. The molecule has 1 N–H and O–H groups in total. The van der Waals surface area contributed by atoms with E-state index in [1.54, 1.807) is 0 Å². The van der Waals surface area contributed by atoms with E-state index in [1.165, 1.54) is 0 Å². The number of rotatable bonds is 2. The molecule has 0 saturated carbocycles. The molecule has 0 fully saturated rings. The highest BCUT2D eigenvalue weighted by atomic mass is 79.9. The van der Waals surface area contributed by atoms with Crippen LogP contribution in [0.1, 0.15) is 17.2 Å². The number of aliphatic hydroxyl groups excluding tert-OH is 1. The van der Waals surface area contributed by atoms with Crippen LogP contribution in [0.3, 0.4) is 0 Å². The second kappa shape index (κ2) is 4.26. The van der Waals surface area contributed by atoms with E-state index in [-0.39, 0.29) is 5.88 Å². The minimum atomic E-state index is -0.566. The van der Waals surface area contributed by atoms with Crippen molar-refractivity contribution in [1.82, 2.24) is 0 Å². The van der Waals surface area contributed by atoms with E-state index in [0.717, 1.165) is 15.6 Å². The van der Waals surface area contributed by atoms with Crippen LogP contribution in [-0.4, -0.2) is 11.0 Å². The predicted molar refractivity (Wildman–Crippen MR) is 54.6 cm³/mol. The van der Waals surface area contributed by atoms with Crippen molar-refractivity contribution < 1.29 is 5.11 Å². The summed E-state index contributed by atoms with van der Waals surface area (Å²) in [6.07, 6.45) is -0.566. The molecular weight excluding hydrogens is 239 g/mol. The van der Waals surface area contributed by atoms with Gasteiger partial charge in [0, 0.05) is 4.47 Å². The molecule has 1 nitrogen and oxygen atoms in total. The van der Waals surface area contributed by atoms with Gasteiger partial charge in [-0.25, -0.2) is 0 Å². The molecule has 12 heavy (non-hydrogen) atoms. The third kappa shape index (κ3) is 2.22. The highest BCUT2D eigenvalue weighted by molar-refractivity contribution is 9.10. The molecule has 0 aliphatic carbocycles. The fourth-order valence-corrected chi connectivity index (χ4v) is 1.60. The quantitative estimate of drug-likeness (QED) is 0.799. The second-order valence-corrected chi connectivity index (χ2v) is 3.90. The Morgan fingerprint density at radius 2 is 2.25 bits per heavy atom. The lowest BCUT2D eigenvalue weighted by atomic mass is 10.1. The number of aryl methyl sites for hydroxylation is 1. The molecule has 1 atom stereocenters. The number of alkyl halides is 1. The van der Waals surface area contributed by atoms with Gasteiger partial charge in [-0.2, -0.15) is 0 Å². The maximum absolute atomic E-state index is 9.48. The summed E-state index contributed by atoms with van der Waals surface area (Å²) in [5.41, 5.74) is 1.95. The third-order valence-electron chi connectivity index (χ3n) is 1.75. The van der Waals surface area contributed by atoms with E-state index < -0.39 is 6.10 Å². The fourth-order valence-electron chi connectivity index (χ4n) is 1.05. The Hall–Kier alpha value is -0.0500. The molecule has 0 unspecified atom stereocenters. The maximum Gasteiger partial charge on any atom is 0.0928 e. The van der Waals surface area contributed by atoms with Gasteiger partial charge in [-0.3, -0.25) is 0 Å². The first-order valence-electron chi connectivity index (χ1n) is 3.65. The van der Waals surface area contributed by atoms with Crippen LogP contribution < -0.4 is 0 Å². The van der Waals surface area contributed by atoms with Crippen molar-refractivity contribution in [3.05, 3.63) is 33.8 Å². The van der Waals surface area contributed by atoms with E-state index in [4.69, 9.17) is 11.6 Å². The van der Waals surface area contributed by atoms with Crippen LogP contribution >= 0.6 is 27.5 Å². The van der Waals surface area contributed by atoms with Crippen LogP contribution in [0.2, 0.25) is 0 Å². The number of aliphatic hydroxyl groups is 1. The molecule has 0 aliphatic heterocycles. The molecule has 1 aromatic carbocycles. The smallest absolute Gasteiger partial charge is 0.0928 e. The molecule has 1 aromatic rings. The van der Waals surface area contributed by atoms with Crippen LogP contribution in [0.5, 0.6) is 0 Å². The van der Waals surface area contributed by atoms with Crippen molar-refractivity contribution in [2.45, 2.75) is 13.0 Å². The van der Waals surface area contributed by atoms with Crippen LogP contribution in [0.25, 0.3) is 0 Å². The van der Waals surface area contributed by atoms with Gasteiger partial charge < -0.3 is 5.11 Å². The molecule has 66 valence electrons. The zero-order valence-electron chi connectivity index (χ0n) is 6.72. The molecule has 0 radical (unpaired) electrons. The molecule has 0 aromatic heterocycles. The van der Waals surface area contributed by atoms with Crippen molar-refractivity contribution in [3.8, 4) is 0 Å². The lowest BCUT2D eigenvalue weighted by Crippen LogP contribution is -2.00. The number of hydrogen-bond acceptors (Lipinski definition) is 1. The van der Waals surface area contributed by atoms with Crippen LogP contribution in [0.15, 0.2) is 22.7 Å². The molecule has 0 bridgehead atoms. The normalized spacial score (nSPS) is 13.0. The molecule has 0 heterocycles. The van der Waals surface area contributed by atoms with E-state index in [9.17, 15) is 5.11 Å². The Morgan fingerprint density at radius 3 is 2.83 bits per heavy atom. The summed E-state index contributed by atoms with van der Waals surface area (Å²) < 4.78 is 0.965. The van der Waals surface area contributed by atoms with Gasteiger partial charge in [0.2, 0.25) is 0 Å². The second-order valence-electron chi connectivity index (χ2n) is 2.67. The minimum absolute atomic E-state index is 0.233. The van der Waals surface area contributed by atoms with Gasteiger partial charge in [0.1, 0.15) is 0 Å². The Morgan fingerprint density at radius 1 is 1.58 bits per heavy atom. The highest BCUT2D eigenvalue weighted by Crippen LogP contribution is 2.22. The number of benzene rings is 1.